The molecule has 0 aliphatic carbocycles. The summed E-state index contributed by atoms with van der Waals surface area (Å²) < 4.78 is 7.13. The number of allylic oxidation sites excluding steroid dienone is 1. The van der Waals surface area contributed by atoms with Crippen molar-refractivity contribution in [3.63, 3.8) is 0 Å². The Morgan fingerprint density at radius 2 is 1.97 bits per heavy atom. The maximum Gasteiger partial charge on any atom is 0.255 e. The molecule has 1 unspecified atom stereocenters. The van der Waals surface area contributed by atoms with Crippen molar-refractivity contribution in [1.82, 2.24) is 14.8 Å². The number of carbonyl (C=O) groups is 1. The molecular formula is C24H21N5O2S. The number of ether oxygens (including phenoxy) is 1. The summed E-state index contributed by atoms with van der Waals surface area (Å²) >= 11 is 1.58. The highest BCUT2D eigenvalue weighted by atomic mass is 32.1. The van der Waals surface area contributed by atoms with E-state index in [2.05, 4.69) is 10.6 Å². The van der Waals surface area contributed by atoms with Gasteiger partial charge in [0.1, 0.15) is 11.8 Å². The summed E-state index contributed by atoms with van der Waals surface area (Å²) in [5.41, 5.74) is 2.93. The second-order valence-electron chi connectivity index (χ2n) is 7.34. The molecule has 0 spiro atoms. The SMILES string of the molecule is COc1cccc(-c2nc3n(n2)C(c2cccs2)C(C(=O)Nc2ccccc2)=C(C)N3)c1. The second kappa shape index (κ2) is 8.32. The minimum absolute atomic E-state index is 0.177. The maximum atomic E-state index is 13.4. The zero-order valence-electron chi connectivity index (χ0n) is 17.6. The number of methoxy groups -OCH3 is 1. The van der Waals surface area contributed by atoms with E-state index in [1.807, 2.05) is 79.0 Å². The number of hydrogen-bond acceptors (Lipinski definition) is 6. The number of amides is 1. The number of para-hydroxylation sites is 1. The van der Waals surface area contributed by atoms with Crippen molar-refractivity contribution in [2.45, 2.75) is 13.0 Å². The van der Waals surface area contributed by atoms with Crippen molar-refractivity contribution >= 4 is 28.9 Å². The maximum absolute atomic E-state index is 13.4. The molecule has 1 aliphatic heterocycles. The molecular weight excluding hydrogens is 422 g/mol. The first kappa shape index (κ1) is 20.0. The Morgan fingerprint density at radius 1 is 1.12 bits per heavy atom. The minimum atomic E-state index is -0.387. The standard InChI is InChI=1S/C24H21N5O2S/c1-15-20(23(30)26-17-9-4-3-5-10-17)21(19-12-7-13-32-19)29-24(25-15)27-22(28-29)16-8-6-11-18(14-16)31-2/h3-14,21H,1-2H3,(H,26,30)(H,25,27,28). The predicted molar refractivity (Wildman–Crippen MR) is 126 cm³/mol. The first-order chi connectivity index (χ1) is 15.6. The van der Waals surface area contributed by atoms with Gasteiger partial charge in [0.25, 0.3) is 5.91 Å². The number of anilines is 2. The summed E-state index contributed by atoms with van der Waals surface area (Å²) in [5.74, 6) is 1.71. The molecule has 4 aromatic rings. The lowest BCUT2D eigenvalue weighted by molar-refractivity contribution is -0.113. The Balaban J connectivity index is 1.57. The van der Waals surface area contributed by atoms with Gasteiger partial charge in [-0.25, -0.2) is 4.68 Å². The van der Waals surface area contributed by atoms with Crippen LogP contribution < -0.4 is 15.4 Å². The van der Waals surface area contributed by atoms with Crippen LogP contribution in [0.25, 0.3) is 11.4 Å². The molecule has 160 valence electrons. The van der Waals surface area contributed by atoms with Crippen LogP contribution in [0, 0.1) is 0 Å². The first-order valence-corrected chi connectivity index (χ1v) is 11.0. The smallest absolute Gasteiger partial charge is 0.255 e. The fourth-order valence-corrected chi connectivity index (χ4v) is 4.58. The average molecular weight is 444 g/mol. The van der Waals surface area contributed by atoms with Crippen molar-refractivity contribution in [3.8, 4) is 17.1 Å². The quantitative estimate of drug-likeness (QED) is 0.457. The van der Waals surface area contributed by atoms with E-state index in [0.717, 1.165) is 27.6 Å². The number of aromatic nitrogens is 3. The van der Waals surface area contributed by atoms with Crippen LogP contribution in [0.2, 0.25) is 0 Å². The van der Waals surface area contributed by atoms with Gasteiger partial charge in [-0.15, -0.1) is 16.4 Å². The molecule has 1 amide bonds. The number of carbonyl (C=O) groups excluding carboxylic acids is 1. The fraction of sp³-hybridized carbons (Fsp3) is 0.125. The van der Waals surface area contributed by atoms with Gasteiger partial charge in [-0.1, -0.05) is 36.4 Å². The van der Waals surface area contributed by atoms with Gasteiger partial charge in [0.15, 0.2) is 5.82 Å². The number of rotatable bonds is 5. The highest BCUT2D eigenvalue weighted by molar-refractivity contribution is 7.10. The number of thiophene rings is 1. The van der Waals surface area contributed by atoms with Gasteiger partial charge < -0.3 is 15.4 Å². The van der Waals surface area contributed by atoms with E-state index in [1.54, 1.807) is 23.1 Å². The third kappa shape index (κ3) is 3.65. The lowest BCUT2D eigenvalue weighted by atomic mass is 10.0. The van der Waals surface area contributed by atoms with Crippen LogP contribution in [0.15, 0.2) is 83.4 Å². The predicted octanol–water partition coefficient (Wildman–Crippen LogP) is 4.94. The Labute approximate surface area is 189 Å². The number of nitrogens with zero attached hydrogens (tertiary/aromatic N) is 3. The van der Waals surface area contributed by atoms with E-state index < -0.39 is 0 Å². The van der Waals surface area contributed by atoms with Crippen molar-refractivity contribution in [3.05, 3.63) is 88.3 Å². The van der Waals surface area contributed by atoms with Gasteiger partial charge in [-0.2, -0.15) is 4.98 Å². The van der Waals surface area contributed by atoms with Crippen LogP contribution >= 0.6 is 11.3 Å². The topological polar surface area (TPSA) is 81.1 Å². The monoisotopic (exact) mass is 443 g/mol. The molecule has 2 N–H and O–H groups in total. The molecule has 0 saturated heterocycles. The van der Waals surface area contributed by atoms with Crippen LogP contribution in [-0.4, -0.2) is 27.8 Å². The van der Waals surface area contributed by atoms with E-state index >= 15 is 0 Å². The number of fused-ring (bicyclic) bond motifs is 1. The van der Waals surface area contributed by atoms with E-state index in [1.165, 1.54) is 0 Å². The largest absolute Gasteiger partial charge is 0.497 e. The van der Waals surface area contributed by atoms with Crippen molar-refractivity contribution < 1.29 is 9.53 Å². The zero-order chi connectivity index (χ0) is 22.1. The lowest BCUT2D eigenvalue weighted by Crippen LogP contribution is -2.31. The third-order valence-corrected chi connectivity index (χ3v) is 6.19. The van der Waals surface area contributed by atoms with Crippen LogP contribution in [0.5, 0.6) is 5.75 Å². The van der Waals surface area contributed by atoms with Crippen molar-refractivity contribution in [2.24, 2.45) is 0 Å². The Kier molecular flexibility index (Phi) is 5.20. The summed E-state index contributed by atoms with van der Waals surface area (Å²) in [7, 11) is 1.63. The van der Waals surface area contributed by atoms with Gasteiger partial charge in [-0.3, -0.25) is 4.79 Å². The van der Waals surface area contributed by atoms with E-state index in [-0.39, 0.29) is 11.9 Å². The molecule has 7 nitrogen and oxygen atoms in total. The molecule has 3 heterocycles. The highest BCUT2D eigenvalue weighted by Crippen LogP contribution is 2.38. The summed E-state index contributed by atoms with van der Waals surface area (Å²) in [5, 5.41) is 13.1. The minimum Gasteiger partial charge on any atom is -0.497 e. The molecule has 8 heteroatoms. The van der Waals surface area contributed by atoms with Crippen LogP contribution in [0.3, 0.4) is 0 Å². The molecule has 2 aromatic carbocycles. The number of hydrogen-bond donors (Lipinski definition) is 2. The Morgan fingerprint density at radius 3 is 2.72 bits per heavy atom. The van der Waals surface area contributed by atoms with Gasteiger partial charge in [-0.05, 0) is 42.6 Å². The Bertz CT molecular complexity index is 1300. The normalized spacial score (nSPS) is 15.1. The van der Waals surface area contributed by atoms with Crippen LogP contribution in [-0.2, 0) is 4.79 Å². The second-order valence-corrected chi connectivity index (χ2v) is 8.32. The number of nitrogens with one attached hydrogen (secondary N) is 2. The summed E-state index contributed by atoms with van der Waals surface area (Å²) in [6.07, 6.45) is 0. The molecule has 1 atom stereocenters. The molecule has 0 bridgehead atoms. The van der Waals surface area contributed by atoms with Gasteiger partial charge in [0, 0.05) is 21.8 Å². The summed E-state index contributed by atoms with van der Waals surface area (Å²) in [6, 6.07) is 20.6. The molecule has 5 rings (SSSR count). The van der Waals surface area contributed by atoms with Crippen LogP contribution in [0.4, 0.5) is 11.6 Å². The van der Waals surface area contributed by atoms with Crippen molar-refractivity contribution in [2.75, 3.05) is 17.7 Å². The molecule has 0 radical (unpaired) electrons. The highest BCUT2D eigenvalue weighted by Gasteiger charge is 2.35. The van der Waals surface area contributed by atoms with Gasteiger partial charge in [0.2, 0.25) is 5.95 Å². The average Bonchev–Trinajstić information content (AvgIpc) is 3.49. The van der Waals surface area contributed by atoms with E-state index in [0.29, 0.717) is 17.3 Å². The zero-order valence-corrected chi connectivity index (χ0v) is 18.4. The molecule has 0 saturated carbocycles. The van der Waals surface area contributed by atoms with Crippen molar-refractivity contribution in [1.29, 1.82) is 0 Å². The number of benzene rings is 2. The molecule has 2 aromatic heterocycles. The van der Waals surface area contributed by atoms with Gasteiger partial charge >= 0.3 is 0 Å². The van der Waals surface area contributed by atoms with Crippen LogP contribution in [0.1, 0.15) is 17.8 Å². The third-order valence-electron chi connectivity index (χ3n) is 5.27. The molecule has 1 aliphatic rings. The van der Waals surface area contributed by atoms with E-state index in [9.17, 15) is 4.79 Å². The fourth-order valence-electron chi connectivity index (χ4n) is 3.76. The van der Waals surface area contributed by atoms with E-state index in [4.69, 9.17) is 14.8 Å². The Hall–Kier alpha value is -3.91. The molecule has 32 heavy (non-hydrogen) atoms. The summed E-state index contributed by atoms with van der Waals surface area (Å²) in [4.78, 5) is 19.1. The first-order valence-electron chi connectivity index (χ1n) is 10.1. The lowest BCUT2D eigenvalue weighted by Gasteiger charge is -2.27. The molecule has 0 fully saturated rings. The van der Waals surface area contributed by atoms with Gasteiger partial charge in [0.05, 0.1) is 12.7 Å². The summed E-state index contributed by atoms with van der Waals surface area (Å²) in [6.45, 7) is 1.89.